The molecule has 31 heavy (non-hydrogen) atoms. The number of aliphatic hydroxyl groups is 1. The molecule has 2 aliphatic rings. The van der Waals surface area contributed by atoms with Gasteiger partial charge in [0.1, 0.15) is 22.2 Å². The maximum absolute atomic E-state index is 14.5. The van der Waals surface area contributed by atoms with E-state index in [4.69, 9.17) is 5.73 Å². The summed E-state index contributed by atoms with van der Waals surface area (Å²) in [6.45, 7) is 0. The van der Waals surface area contributed by atoms with E-state index in [0.29, 0.717) is 44.6 Å². The summed E-state index contributed by atoms with van der Waals surface area (Å²) in [6, 6.07) is 0.853. The normalized spacial score (nSPS) is 21.8. The molecule has 11 heteroatoms. The lowest BCUT2D eigenvalue weighted by atomic mass is 9.94. The molecule has 2 aromatic rings. The molecule has 0 bridgehead atoms. The average Bonchev–Trinajstić information content (AvgIpc) is 3.55. The van der Waals surface area contributed by atoms with E-state index >= 15 is 0 Å². The molecule has 2 fully saturated rings. The third kappa shape index (κ3) is 4.58. The van der Waals surface area contributed by atoms with Gasteiger partial charge >= 0.3 is 0 Å². The van der Waals surface area contributed by atoms with Crippen LogP contribution in [0, 0.1) is 17.6 Å². The van der Waals surface area contributed by atoms with Crippen LogP contribution >= 0.6 is 0 Å². The van der Waals surface area contributed by atoms with Crippen LogP contribution in [0.1, 0.15) is 49.0 Å². The van der Waals surface area contributed by atoms with E-state index in [-0.39, 0.29) is 34.5 Å². The van der Waals surface area contributed by atoms with Crippen LogP contribution in [-0.4, -0.2) is 41.4 Å². The smallest absolute Gasteiger partial charge is 0.243 e. The average molecular weight is 452 g/mol. The highest BCUT2D eigenvalue weighted by molar-refractivity contribution is 7.89. The number of anilines is 1. The molecule has 2 aliphatic carbocycles. The summed E-state index contributed by atoms with van der Waals surface area (Å²) < 4.78 is 57.0. The molecule has 1 aromatic carbocycles. The van der Waals surface area contributed by atoms with Crippen molar-refractivity contribution in [2.45, 2.75) is 55.6 Å². The van der Waals surface area contributed by atoms with Crippen LogP contribution in [0.25, 0.3) is 11.3 Å². The van der Waals surface area contributed by atoms with Gasteiger partial charge in [-0.25, -0.2) is 31.9 Å². The van der Waals surface area contributed by atoms with E-state index < -0.39 is 38.7 Å². The number of benzene rings is 1. The van der Waals surface area contributed by atoms with Crippen LogP contribution in [-0.2, 0) is 10.0 Å². The number of aliphatic hydroxyl groups excluding tert-OH is 1. The maximum atomic E-state index is 14.5. The number of halogens is 2. The van der Waals surface area contributed by atoms with Crippen molar-refractivity contribution in [3.8, 4) is 11.3 Å². The predicted molar refractivity (Wildman–Crippen MR) is 107 cm³/mol. The first-order valence-corrected chi connectivity index (χ1v) is 11.5. The Bertz CT molecular complexity index is 1130. The molecule has 1 heterocycles. The number of sulfonamides is 1. The number of nitrogens with zero attached hydrogens (tertiary/aromatic N) is 2. The fourth-order valence-corrected chi connectivity index (χ4v) is 5.05. The first kappa shape index (κ1) is 21.7. The van der Waals surface area contributed by atoms with Crippen molar-refractivity contribution in [1.82, 2.24) is 14.7 Å². The van der Waals surface area contributed by atoms with Crippen LogP contribution in [0.5, 0.6) is 0 Å². The topological polar surface area (TPSA) is 135 Å². The Morgan fingerprint density at radius 3 is 2.42 bits per heavy atom. The summed E-state index contributed by atoms with van der Waals surface area (Å²) >= 11 is 0. The largest absolute Gasteiger partial charge is 0.393 e. The van der Waals surface area contributed by atoms with Gasteiger partial charge in [0.15, 0.2) is 11.6 Å². The molecule has 1 aromatic heterocycles. The minimum absolute atomic E-state index is 0.0998. The summed E-state index contributed by atoms with van der Waals surface area (Å²) in [5, 5.41) is 9.57. The second kappa shape index (κ2) is 8.21. The van der Waals surface area contributed by atoms with Crippen molar-refractivity contribution in [2.75, 3.05) is 5.73 Å². The standard InChI is InChI=1S/C20H22F2N4O4S/c21-14-8-15(22)17(31(29,30)26-11-3-5-12(27)6-4-11)7-13(14)16-9-24-20(23)18(25-16)19(28)10-1-2-10/h7-12,26-27H,1-6H2,(H2,23,24)/t11-,12+. The molecule has 4 N–H and O–H groups in total. The lowest BCUT2D eigenvalue weighted by Crippen LogP contribution is -2.38. The van der Waals surface area contributed by atoms with Crippen molar-refractivity contribution in [3.05, 3.63) is 35.7 Å². The zero-order chi connectivity index (χ0) is 22.3. The second-order valence-corrected chi connectivity index (χ2v) is 9.70. The van der Waals surface area contributed by atoms with Gasteiger partial charge in [0.25, 0.3) is 0 Å². The minimum Gasteiger partial charge on any atom is -0.393 e. The number of hydrogen-bond acceptors (Lipinski definition) is 7. The van der Waals surface area contributed by atoms with Crippen molar-refractivity contribution in [1.29, 1.82) is 0 Å². The monoisotopic (exact) mass is 452 g/mol. The number of aromatic nitrogens is 2. The minimum atomic E-state index is -4.31. The number of nitrogens with one attached hydrogen (secondary N) is 1. The van der Waals surface area contributed by atoms with Gasteiger partial charge in [0, 0.05) is 23.6 Å². The second-order valence-electron chi connectivity index (χ2n) is 8.02. The number of hydrogen-bond donors (Lipinski definition) is 3. The van der Waals surface area contributed by atoms with E-state index in [1.165, 1.54) is 0 Å². The molecular weight excluding hydrogens is 430 g/mol. The van der Waals surface area contributed by atoms with Gasteiger partial charge in [-0.05, 0) is 44.6 Å². The van der Waals surface area contributed by atoms with Crippen molar-refractivity contribution < 1.29 is 27.1 Å². The lowest BCUT2D eigenvalue weighted by Gasteiger charge is -2.26. The van der Waals surface area contributed by atoms with Gasteiger partial charge in [-0.15, -0.1) is 0 Å². The fourth-order valence-electron chi connectivity index (χ4n) is 3.66. The SMILES string of the molecule is Nc1ncc(-c2cc(S(=O)(=O)N[C@H]3CC[C@@H](O)CC3)c(F)cc2F)nc1C(=O)C1CC1. The Kier molecular flexibility index (Phi) is 5.75. The summed E-state index contributed by atoms with van der Waals surface area (Å²) in [6.07, 6.45) is 3.74. The molecule has 0 aliphatic heterocycles. The number of nitrogen functional groups attached to an aromatic ring is 1. The first-order chi connectivity index (χ1) is 14.7. The first-order valence-electron chi connectivity index (χ1n) is 10.0. The molecule has 0 radical (unpaired) electrons. The van der Waals surface area contributed by atoms with E-state index in [2.05, 4.69) is 14.7 Å². The fraction of sp³-hybridized carbons (Fsp3) is 0.450. The van der Waals surface area contributed by atoms with E-state index in [1.807, 2.05) is 0 Å². The molecule has 0 amide bonds. The number of rotatable bonds is 6. The lowest BCUT2D eigenvalue weighted by molar-refractivity contribution is 0.0963. The Hall–Kier alpha value is -2.50. The molecule has 0 saturated heterocycles. The molecular formula is C20H22F2N4O4S. The van der Waals surface area contributed by atoms with Crippen LogP contribution < -0.4 is 10.5 Å². The number of carbonyl (C=O) groups excluding carboxylic acids is 1. The molecule has 0 unspecified atom stereocenters. The van der Waals surface area contributed by atoms with Crippen LogP contribution in [0.2, 0.25) is 0 Å². The molecule has 2 saturated carbocycles. The van der Waals surface area contributed by atoms with Crippen LogP contribution in [0.3, 0.4) is 0 Å². The van der Waals surface area contributed by atoms with Crippen LogP contribution in [0.4, 0.5) is 14.6 Å². The zero-order valence-corrected chi connectivity index (χ0v) is 17.3. The summed E-state index contributed by atoms with van der Waals surface area (Å²) in [4.78, 5) is 19.6. The van der Waals surface area contributed by atoms with Gasteiger partial charge < -0.3 is 10.8 Å². The Morgan fingerprint density at radius 1 is 1.10 bits per heavy atom. The predicted octanol–water partition coefficient (Wildman–Crippen LogP) is 2.18. The number of carbonyl (C=O) groups is 1. The highest BCUT2D eigenvalue weighted by Crippen LogP contribution is 2.34. The van der Waals surface area contributed by atoms with Gasteiger partial charge in [-0.3, -0.25) is 4.79 Å². The third-order valence-electron chi connectivity index (χ3n) is 5.59. The van der Waals surface area contributed by atoms with Gasteiger partial charge in [0.2, 0.25) is 10.0 Å². The highest BCUT2D eigenvalue weighted by Gasteiger charge is 2.33. The van der Waals surface area contributed by atoms with E-state index in [1.54, 1.807) is 0 Å². The molecule has 8 nitrogen and oxygen atoms in total. The summed E-state index contributed by atoms with van der Waals surface area (Å²) in [5.74, 6) is -2.89. The quantitative estimate of drug-likeness (QED) is 0.572. The summed E-state index contributed by atoms with van der Waals surface area (Å²) in [7, 11) is -4.31. The maximum Gasteiger partial charge on any atom is 0.243 e. The summed E-state index contributed by atoms with van der Waals surface area (Å²) in [5.41, 5.74) is 5.21. The molecule has 166 valence electrons. The third-order valence-corrected chi connectivity index (χ3v) is 7.12. The Morgan fingerprint density at radius 2 is 1.77 bits per heavy atom. The molecule has 4 rings (SSSR count). The van der Waals surface area contributed by atoms with Gasteiger partial charge in [0.05, 0.1) is 18.0 Å². The van der Waals surface area contributed by atoms with Crippen molar-refractivity contribution >= 4 is 21.6 Å². The van der Waals surface area contributed by atoms with Crippen molar-refractivity contribution in [3.63, 3.8) is 0 Å². The number of nitrogens with two attached hydrogens (primary N) is 1. The Labute approximate surface area is 178 Å². The molecule has 0 atom stereocenters. The van der Waals surface area contributed by atoms with E-state index in [0.717, 1.165) is 12.3 Å². The number of Topliss-reactive ketones (excluding diaryl/α,β-unsaturated/α-hetero) is 1. The highest BCUT2D eigenvalue weighted by atomic mass is 32.2. The zero-order valence-electron chi connectivity index (χ0n) is 16.5. The molecule has 0 spiro atoms. The van der Waals surface area contributed by atoms with Gasteiger partial charge in [-0.2, -0.15) is 0 Å². The van der Waals surface area contributed by atoms with E-state index in [9.17, 15) is 27.1 Å². The Balaban J connectivity index is 1.68. The van der Waals surface area contributed by atoms with Crippen LogP contribution in [0.15, 0.2) is 23.2 Å². The van der Waals surface area contributed by atoms with Crippen molar-refractivity contribution in [2.24, 2.45) is 5.92 Å². The number of ketones is 1. The van der Waals surface area contributed by atoms with Gasteiger partial charge in [-0.1, -0.05) is 0 Å².